The quantitative estimate of drug-likeness (QED) is 0.627. The van der Waals surface area contributed by atoms with E-state index in [1.54, 1.807) is 6.07 Å². The van der Waals surface area contributed by atoms with Crippen molar-refractivity contribution in [2.75, 3.05) is 7.11 Å². The number of nitrogens with zero attached hydrogens (tertiary/aromatic N) is 2. The maximum atomic E-state index is 11.4. The summed E-state index contributed by atoms with van der Waals surface area (Å²) < 4.78 is 10.7. The largest absolute Gasteiger partial charge is 0.464 e. The predicted molar refractivity (Wildman–Crippen MR) is 75.4 cm³/mol. The van der Waals surface area contributed by atoms with Crippen molar-refractivity contribution in [2.24, 2.45) is 0 Å². The van der Waals surface area contributed by atoms with Crippen LogP contribution in [-0.4, -0.2) is 31.4 Å². The third kappa shape index (κ3) is 4.11. The first kappa shape index (κ1) is 15.8. The lowest BCUT2D eigenvalue weighted by Crippen LogP contribution is -2.40. The van der Waals surface area contributed by atoms with E-state index in [0.717, 1.165) is 0 Å². The van der Waals surface area contributed by atoms with Gasteiger partial charge in [0.15, 0.2) is 14.0 Å². The van der Waals surface area contributed by atoms with Gasteiger partial charge >= 0.3 is 5.97 Å². The first-order chi connectivity index (χ1) is 8.67. The van der Waals surface area contributed by atoms with Gasteiger partial charge in [-0.2, -0.15) is 0 Å². The van der Waals surface area contributed by atoms with E-state index in [9.17, 15) is 4.79 Å². The van der Waals surface area contributed by atoms with Crippen molar-refractivity contribution >= 4 is 14.3 Å². The van der Waals surface area contributed by atoms with Crippen LogP contribution in [-0.2, 0) is 15.8 Å². The summed E-state index contributed by atoms with van der Waals surface area (Å²) in [5.74, 6) is -0.462. The van der Waals surface area contributed by atoms with Gasteiger partial charge < -0.3 is 9.16 Å². The molecule has 0 atom stereocenters. The highest BCUT2D eigenvalue weighted by Crippen LogP contribution is 2.36. The molecule has 0 fully saturated rings. The Kier molecular flexibility index (Phi) is 4.81. The average Bonchev–Trinajstić information content (AvgIpc) is 2.34. The second kappa shape index (κ2) is 5.79. The molecule has 0 saturated heterocycles. The highest BCUT2D eigenvalue weighted by atomic mass is 28.4. The molecule has 0 aliphatic carbocycles. The number of rotatable bonds is 4. The van der Waals surface area contributed by atoms with Gasteiger partial charge in [-0.05, 0) is 24.2 Å². The Morgan fingerprint density at radius 1 is 1.32 bits per heavy atom. The second-order valence-corrected chi connectivity index (χ2v) is 10.7. The molecule has 1 aromatic heterocycles. The molecule has 0 spiro atoms. The second-order valence-electron chi connectivity index (χ2n) is 5.94. The summed E-state index contributed by atoms with van der Waals surface area (Å²) in [4.78, 5) is 19.4. The summed E-state index contributed by atoms with van der Waals surface area (Å²) in [6.07, 6.45) is 1.36. The van der Waals surface area contributed by atoms with Crippen LogP contribution in [0.3, 0.4) is 0 Å². The van der Waals surface area contributed by atoms with Crippen molar-refractivity contribution in [1.29, 1.82) is 0 Å². The molecular formula is C13H22N2O3Si. The molecular weight excluding hydrogens is 260 g/mol. The Bertz CT molecular complexity index is 455. The maximum absolute atomic E-state index is 11.4. The first-order valence-electron chi connectivity index (χ1n) is 6.20. The average molecular weight is 282 g/mol. The molecule has 1 aromatic rings. The molecule has 0 bridgehead atoms. The van der Waals surface area contributed by atoms with Gasteiger partial charge in [-0.15, -0.1) is 0 Å². The molecule has 0 aromatic carbocycles. The van der Waals surface area contributed by atoms with E-state index in [0.29, 0.717) is 12.3 Å². The molecule has 1 heterocycles. The Balaban J connectivity index is 2.76. The molecule has 19 heavy (non-hydrogen) atoms. The van der Waals surface area contributed by atoms with Gasteiger partial charge in [0.25, 0.3) is 0 Å². The van der Waals surface area contributed by atoms with Crippen molar-refractivity contribution in [1.82, 2.24) is 9.97 Å². The van der Waals surface area contributed by atoms with Crippen LogP contribution in [0.5, 0.6) is 0 Å². The zero-order valence-electron chi connectivity index (χ0n) is 12.5. The van der Waals surface area contributed by atoms with Crippen LogP contribution in [0.4, 0.5) is 0 Å². The minimum Gasteiger partial charge on any atom is -0.464 e. The number of hydrogen-bond donors (Lipinski definition) is 0. The summed E-state index contributed by atoms with van der Waals surface area (Å²) in [6, 6.07) is 1.61. The van der Waals surface area contributed by atoms with E-state index < -0.39 is 14.3 Å². The molecule has 0 saturated carbocycles. The van der Waals surface area contributed by atoms with Crippen LogP contribution in [0.2, 0.25) is 18.1 Å². The third-order valence-electron chi connectivity index (χ3n) is 3.51. The minimum atomic E-state index is -1.82. The van der Waals surface area contributed by atoms with E-state index in [1.165, 1.54) is 13.4 Å². The fourth-order valence-corrected chi connectivity index (χ4v) is 2.11. The highest BCUT2D eigenvalue weighted by molar-refractivity contribution is 6.74. The molecule has 0 unspecified atom stereocenters. The van der Waals surface area contributed by atoms with Gasteiger partial charge in [-0.25, -0.2) is 14.8 Å². The molecule has 0 aliphatic heterocycles. The lowest BCUT2D eigenvalue weighted by Gasteiger charge is -2.36. The van der Waals surface area contributed by atoms with Crippen molar-refractivity contribution in [3.05, 3.63) is 23.8 Å². The summed E-state index contributed by atoms with van der Waals surface area (Å²) in [7, 11) is -0.488. The molecule has 6 heteroatoms. The monoisotopic (exact) mass is 282 g/mol. The summed E-state index contributed by atoms with van der Waals surface area (Å²) >= 11 is 0. The lowest BCUT2D eigenvalue weighted by molar-refractivity contribution is 0.0593. The summed E-state index contributed by atoms with van der Waals surface area (Å²) in [6.45, 7) is 11.3. The van der Waals surface area contributed by atoms with Crippen molar-refractivity contribution in [3.63, 3.8) is 0 Å². The van der Waals surface area contributed by atoms with E-state index in [-0.39, 0.29) is 10.7 Å². The maximum Gasteiger partial charge on any atom is 0.356 e. The number of hydrogen-bond acceptors (Lipinski definition) is 5. The number of carbonyl (C=O) groups excluding carboxylic acids is 1. The van der Waals surface area contributed by atoms with Gasteiger partial charge in [-0.1, -0.05) is 20.8 Å². The molecule has 0 radical (unpaired) electrons. The molecule has 1 rings (SSSR count). The standard InChI is InChI=1S/C13H22N2O3Si/c1-13(2,3)19(5,6)18-8-10-7-11(12(16)17-4)15-9-14-10/h7,9H,8H2,1-6H3. The van der Waals surface area contributed by atoms with Gasteiger partial charge in [0.05, 0.1) is 19.4 Å². The topological polar surface area (TPSA) is 61.3 Å². The fourth-order valence-electron chi connectivity index (χ4n) is 1.16. The fraction of sp³-hybridized carbons (Fsp3) is 0.615. The van der Waals surface area contributed by atoms with Gasteiger partial charge in [-0.3, -0.25) is 0 Å². The number of methoxy groups -OCH3 is 1. The zero-order chi connectivity index (χ0) is 14.7. The SMILES string of the molecule is COC(=O)c1cc(CO[Si](C)(C)C(C)(C)C)ncn1. The van der Waals surface area contributed by atoms with Crippen LogP contribution in [0.1, 0.15) is 37.0 Å². The Hall–Kier alpha value is -1.27. The Labute approximate surface area is 115 Å². The van der Waals surface area contributed by atoms with Crippen LogP contribution >= 0.6 is 0 Å². The number of esters is 1. The number of aromatic nitrogens is 2. The van der Waals surface area contributed by atoms with E-state index in [2.05, 4.69) is 48.6 Å². The summed E-state index contributed by atoms with van der Waals surface area (Å²) in [5, 5.41) is 0.144. The van der Waals surface area contributed by atoms with E-state index in [1.807, 2.05) is 0 Å². The normalized spacial score (nSPS) is 12.3. The minimum absolute atomic E-state index is 0.144. The zero-order valence-corrected chi connectivity index (χ0v) is 13.5. The summed E-state index contributed by atoms with van der Waals surface area (Å²) in [5.41, 5.74) is 0.951. The van der Waals surface area contributed by atoms with E-state index >= 15 is 0 Å². The van der Waals surface area contributed by atoms with Crippen LogP contribution < -0.4 is 0 Å². The van der Waals surface area contributed by atoms with Crippen LogP contribution in [0.25, 0.3) is 0 Å². The van der Waals surface area contributed by atoms with Gasteiger partial charge in [0, 0.05) is 0 Å². The first-order valence-corrected chi connectivity index (χ1v) is 9.11. The third-order valence-corrected chi connectivity index (χ3v) is 7.98. The van der Waals surface area contributed by atoms with Gasteiger partial charge in [0.1, 0.15) is 6.33 Å². The Morgan fingerprint density at radius 3 is 2.47 bits per heavy atom. The molecule has 5 nitrogen and oxygen atoms in total. The molecule has 106 valence electrons. The van der Waals surface area contributed by atoms with Crippen molar-refractivity contribution in [2.45, 2.75) is 45.5 Å². The number of carbonyl (C=O) groups is 1. The van der Waals surface area contributed by atoms with Crippen molar-refractivity contribution < 1.29 is 14.0 Å². The lowest BCUT2D eigenvalue weighted by atomic mass is 10.2. The van der Waals surface area contributed by atoms with Crippen molar-refractivity contribution in [3.8, 4) is 0 Å². The predicted octanol–water partition coefficient (Wildman–Crippen LogP) is 2.79. The highest BCUT2D eigenvalue weighted by Gasteiger charge is 2.37. The number of ether oxygens (including phenoxy) is 1. The molecule has 0 N–H and O–H groups in total. The molecule has 0 amide bonds. The van der Waals surface area contributed by atoms with Gasteiger partial charge in [0.2, 0.25) is 0 Å². The van der Waals surface area contributed by atoms with E-state index in [4.69, 9.17) is 4.43 Å². The Morgan fingerprint density at radius 2 is 1.95 bits per heavy atom. The van der Waals surface area contributed by atoms with Crippen LogP contribution in [0.15, 0.2) is 12.4 Å². The molecule has 0 aliphatic rings. The van der Waals surface area contributed by atoms with Crippen LogP contribution in [0, 0.1) is 0 Å². The smallest absolute Gasteiger partial charge is 0.356 e.